The molecule has 14 heavy (non-hydrogen) atoms. The van der Waals surface area contributed by atoms with Gasteiger partial charge in [-0.15, -0.1) is 0 Å². The summed E-state index contributed by atoms with van der Waals surface area (Å²) in [4.78, 5) is 2.27. The molecule has 0 aromatic rings. The van der Waals surface area contributed by atoms with Crippen molar-refractivity contribution >= 4 is 0 Å². The van der Waals surface area contributed by atoms with Crippen LogP contribution in [0.2, 0.25) is 0 Å². The Balaban J connectivity index is 2.05. The smallest absolute Gasteiger partial charge is 0.0826 e. The second-order valence-electron chi connectivity index (χ2n) is 3.98. The average Bonchev–Trinajstić information content (AvgIpc) is 2.17. The van der Waals surface area contributed by atoms with Crippen LogP contribution >= 0.6 is 0 Å². The Morgan fingerprint density at radius 2 is 2.43 bits per heavy atom. The number of likely N-dealkylation sites (N-methyl/N-ethyl adjacent to an activating group) is 1. The van der Waals surface area contributed by atoms with Crippen molar-refractivity contribution in [3.63, 3.8) is 0 Å². The molecular formula is C10H22N2O2. The van der Waals surface area contributed by atoms with Gasteiger partial charge in [0.15, 0.2) is 0 Å². The lowest BCUT2D eigenvalue weighted by Crippen LogP contribution is -2.45. The van der Waals surface area contributed by atoms with E-state index in [1.807, 2.05) is 6.92 Å². The first-order chi connectivity index (χ1) is 6.72. The molecule has 0 aliphatic carbocycles. The maximum absolute atomic E-state index is 9.33. The van der Waals surface area contributed by atoms with Crippen LogP contribution in [0.3, 0.4) is 0 Å². The Labute approximate surface area is 86.2 Å². The SMILES string of the molecule is CC[C@H](O)CNC[C@H]1CN(C)CCO1. The number of aliphatic hydroxyl groups excluding tert-OH is 1. The Hall–Kier alpha value is -0.160. The molecule has 0 spiro atoms. The lowest BCUT2D eigenvalue weighted by Gasteiger charge is -2.30. The van der Waals surface area contributed by atoms with Crippen LogP contribution in [0, 0.1) is 0 Å². The summed E-state index contributed by atoms with van der Waals surface area (Å²) in [5.41, 5.74) is 0. The fourth-order valence-corrected chi connectivity index (χ4v) is 1.55. The predicted molar refractivity (Wildman–Crippen MR) is 56.4 cm³/mol. The fraction of sp³-hybridized carbons (Fsp3) is 1.00. The number of nitrogens with zero attached hydrogens (tertiary/aromatic N) is 1. The van der Waals surface area contributed by atoms with Crippen molar-refractivity contribution in [2.45, 2.75) is 25.6 Å². The summed E-state index contributed by atoms with van der Waals surface area (Å²) in [6.45, 7) is 6.31. The van der Waals surface area contributed by atoms with E-state index in [-0.39, 0.29) is 12.2 Å². The van der Waals surface area contributed by atoms with E-state index < -0.39 is 0 Å². The number of hydrogen-bond donors (Lipinski definition) is 2. The van der Waals surface area contributed by atoms with Gasteiger partial charge in [0.2, 0.25) is 0 Å². The van der Waals surface area contributed by atoms with Gasteiger partial charge < -0.3 is 20.1 Å². The highest BCUT2D eigenvalue weighted by Crippen LogP contribution is 2.01. The Bertz CT molecular complexity index is 155. The van der Waals surface area contributed by atoms with Gasteiger partial charge in [0.25, 0.3) is 0 Å². The van der Waals surface area contributed by atoms with Gasteiger partial charge in [-0.05, 0) is 13.5 Å². The lowest BCUT2D eigenvalue weighted by molar-refractivity contribution is -0.0191. The first-order valence-electron chi connectivity index (χ1n) is 5.41. The van der Waals surface area contributed by atoms with Crippen molar-refractivity contribution in [2.24, 2.45) is 0 Å². The van der Waals surface area contributed by atoms with Gasteiger partial charge in [0.1, 0.15) is 0 Å². The zero-order chi connectivity index (χ0) is 10.4. The minimum Gasteiger partial charge on any atom is -0.392 e. The average molecular weight is 202 g/mol. The molecule has 1 aliphatic rings. The molecule has 1 aliphatic heterocycles. The summed E-state index contributed by atoms with van der Waals surface area (Å²) < 4.78 is 5.58. The Kier molecular flexibility index (Phi) is 5.40. The monoisotopic (exact) mass is 202 g/mol. The van der Waals surface area contributed by atoms with Gasteiger partial charge in [0, 0.05) is 26.2 Å². The zero-order valence-electron chi connectivity index (χ0n) is 9.20. The summed E-state index contributed by atoms with van der Waals surface area (Å²) in [6, 6.07) is 0. The predicted octanol–water partition coefficient (Wildman–Crippen LogP) is -0.322. The van der Waals surface area contributed by atoms with Crippen LogP contribution in [-0.4, -0.2) is 62.0 Å². The number of hydrogen-bond acceptors (Lipinski definition) is 4. The zero-order valence-corrected chi connectivity index (χ0v) is 9.20. The Morgan fingerprint density at radius 1 is 1.64 bits per heavy atom. The quantitative estimate of drug-likeness (QED) is 0.641. The van der Waals surface area contributed by atoms with E-state index in [4.69, 9.17) is 4.74 Å². The summed E-state index contributed by atoms with van der Waals surface area (Å²) in [6.07, 6.45) is 0.854. The van der Waals surface area contributed by atoms with Crippen molar-refractivity contribution in [2.75, 3.05) is 39.8 Å². The van der Waals surface area contributed by atoms with Crippen LogP contribution in [0.25, 0.3) is 0 Å². The standard InChI is InChI=1S/C10H22N2O2/c1-3-9(13)6-11-7-10-8-12(2)4-5-14-10/h9-11,13H,3-8H2,1-2H3/t9-,10-/m0/s1. The molecule has 2 N–H and O–H groups in total. The number of rotatable bonds is 5. The highest BCUT2D eigenvalue weighted by molar-refractivity contribution is 4.71. The van der Waals surface area contributed by atoms with Gasteiger partial charge in [-0.2, -0.15) is 0 Å². The van der Waals surface area contributed by atoms with E-state index in [2.05, 4.69) is 17.3 Å². The third kappa shape index (κ3) is 4.37. The van der Waals surface area contributed by atoms with Gasteiger partial charge in [-0.3, -0.25) is 0 Å². The number of ether oxygens (including phenoxy) is 1. The minimum atomic E-state index is -0.226. The molecule has 1 saturated heterocycles. The summed E-state index contributed by atoms with van der Waals surface area (Å²) >= 11 is 0. The topological polar surface area (TPSA) is 44.7 Å². The molecule has 0 unspecified atom stereocenters. The highest BCUT2D eigenvalue weighted by Gasteiger charge is 2.17. The number of morpholine rings is 1. The normalized spacial score (nSPS) is 26.4. The molecule has 0 bridgehead atoms. The molecule has 0 radical (unpaired) electrons. The van der Waals surface area contributed by atoms with Gasteiger partial charge in [0.05, 0.1) is 18.8 Å². The molecule has 0 amide bonds. The molecule has 1 fully saturated rings. The highest BCUT2D eigenvalue weighted by atomic mass is 16.5. The summed E-state index contributed by atoms with van der Waals surface area (Å²) in [5, 5.41) is 12.6. The van der Waals surface area contributed by atoms with Crippen molar-refractivity contribution in [1.29, 1.82) is 0 Å². The third-order valence-electron chi connectivity index (χ3n) is 2.57. The van der Waals surface area contributed by atoms with Crippen molar-refractivity contribution in [3.8, 4) is 0 Å². The maximum atomic E-state index is 9.33. The van der Waals surface area contributed by atoms with E-state index in [9.17, 15) is 5.11 Å². The van der Waals surface area contributed by atoms with Crippen LogP contribution in [0.4, 0.5) is 0 Å². The maximum Gasteiger partial charge on any atom is 0.0826 e. The van der Waals surface area contributed by atoms with Crippen molar-refractivity contribution < 1.29 is 9.84 Å². The third-order valence-corrected chi connectivity index (χ3v) is 2.57. The van der Waals surface area contributed by atoms with Crippen LogP contribution in [0.5, 0.6) is 0 Å². The summed E-state index contributed by atoms with van der Waals surface area (Å²) in [7, 11) is 2.11. The molecule has 4 nitrogen and oxygen atoms in total. The summed E-state index contributed by atoms with van der Waals surface area (Å²) in [5.74, 6) is 0. The van der Waals surface area contributed by atoms with Crippen molar-refractivity contribution in [1.82, 2.24) is 10.2 Å². The number of nitrogens with one attached hydrogen (secondary N) is 1. The first kappa shape index (κ1) is 11.9. The molecule has 0 saturated carbocycles. The van der Waals surface area contributed by atoms with E-state index in [0.29, 0.717) is 6.54 Å². The second-order valence-corrected chi connectivity index (χ2v) is 3.98. The molecule has 1 heterocycles. The minimum absolute atomic E-state index is 0.226. The lowest BCUT2D eigenvalue weighted by atomic mass is 10.2. The largest absolute Gasteiger partial charge is 0.392 e. The van der Waals surface area contributed by atoms with Crippen LogP contribution in [0.1, 0.15) is 13.3 Å². The number of aliphatic hydroxyl groups is 1. The molecule has 0 aromatic heterocycles. The molecular weight excluding hydrogens is 180 g/mol. The van der Waals surface area contributed by atoms with Crippen LogP contribution in [0.15, 0.2) is 0 Å². The van der Waals surface area contributed by atoms with E-state index in [1.54, 1.807) is 0 Å². The first-order valence-corrected chi connectivity index (χ1v) is 5.41. The Morgan fingerprint density at radius 3 is 3.07 bits per heavy atom. The van der Waals surface area contributed by atoms with Crippen LogP contribution in [-0.2, 0) is 4.74 Å². The van der Waals surface area contributed by atoms with Crippen molar-refractivity contribution in [3.05, 3.63) is 0 Å². The fourth-order valence-electron chi connectivity index (χ4n) is 1.55. The van der Waals surface area contributed by atoms with Gasteiger partial charge in [-0.1, -0.05) is 6.92 Å². The van der Waals surface area contributed by atoms with E-state index in [0.717, 1.165) is 32.7 Å². The van der Waals surface area contributed by atoms with E-state index in [1.165, 1.54) is 0 Å². The second kappa shape index (κ2) is 6.35. The molecule has 4 heteroatoms. The van der Waals surface area contributed by atoms with Gasteiger partial charge >= 0.3 is 0 Å². The molecule has 0 aromatic carbocycles. The molecule has 84 valence electrons. The van der Waals surface area contributed by atoms with E-state index >= 15 is 0 Å². The molecule has 1 rings (SSSR count). The van der Waals surface area contributed by atoms with Crippen LogP contribution < -0.4 is 5.32 Å². The molecule has 2 atom stereocenters. The van der Waals surface area contributed by atoms with Gasteiger partial charge in [-0.25, -0.2) is 0 Å².